The Morgan fingerprint density at radius 2 is 1.91 bits per heavy atom. The Morgan fingerprint density at radius 3 is 2.35 bits per heavy atom. The lowest BCUT2D eigenvalue weighted by atomic mass is 10.1. The van der Waals surface area contributed by atoms with Crippen LogP contribution in [0.4, 0.5) is 4.79 Å². The van der Waals surface area contributed by atoms with Crippen LogP contribution in [-0.4, -0.2) is 51.8 Å². The molecule has 0 saturated carbocycles. The van der Waals surface area contributed by atoms with Crippen LogP contribution in [0.5, 0.6) is 0 Å². The molecule has 0 aliphatic rings. The molecule has 2 heterocycles. The Labute approximate surface area is 135 Å². The molecule has 0 aliphatic carbocycles. The molecule has 0 aliphatic heterocycles. The van der Waals surface area contributed by atoms with Crippen molar-refractivity contribution in [1.29, 1.82) is 0 Å². The lowest BCUT2D eigenvalue weighted by Crippen LogP contribution is -2.35. The maximum absolute atomic E-state index is 12.5. The zero-order chi connectivity index (χ0) is 17.3. The van der Waals surface area contributed by atoms with E-state index < -0.39 is 16.3 Å². The van der Waals surface area contributed by atoms with Crippen LogP contribution in [-0.2, 0) is 17.3 Å². The predicted molar refractivity (Wildman–Crippen MR) is 86.3 cm³/mol. The molecule has 0 fully saturated rings. The standard InChI is InChI=1S/C14H21N5O3S/c1-6-18(7-2)14(20)19-13(23(21)22)15-12(16-19)11-9(3)8-17(5)10(11)4/h8H,6-7H2,1-5H3,(H,15,16). The second kappa shape index (κ2) is 6.45. The normalized spacial score (nSPS) is 10.8. The van der Waals surface area contributed by atoms with E-state index in [2.05, 4.69) is 10.1 Å². The zero-order valence-corrected chi connectivity index (χ0v) is 14.7. The second-order valence-electron chi connectivity index (χ2n) is 5.26. The van der Waals surface area contributed by atoms with Gasteiger partial charge in [0.2, 0.25) is 0 Å². The SMILES string of the molecule is CCN(CC)C(=O)n1[nH]c(-c2c(C)cn(C)c2C)nc1=S(=O)=O. The molecule has 0 atom stereocenters. The van der Waals surface area contributed by atoms with Gasteiger partial charge in [-0.2, -0.15) is 18.1 Å². The zero-order valence-electron chi connectivity index (χ0n) is 13.9. The van der Waals surface area contributed by atoms with Crippen LogP contribution in [0.2, 0.25) is 0 Å². The minimum absolute atomic E-state index is 0.320. The van der Waals surface area contributed by atoms with Crippen molar-refractivity contribution in [2.75, 3.05) is 13.1 Å². The average Bonchev–Trinajstić information content (AvgIpc) is 3.02. The number of carbonyl (C=O) groups excluding carboxylic acids is 1. The summed E-state index contributed by atoms with van der Waals surface area (Å²) in [4.78, 5) is 18.1. The highest BCUT2D eigenvalue weighted by atomic mass is 32.2. The minimum atomic E-state index is -2.62. The molecule has 0 saturated heterocycles. The molecule has 126 valence electrons. The summed E-state index contributed by atoms with van der Waals surface area (Å²) in [5, 5.41) is 2.83. The van der Waals surface area contributed by atoms with Gasteiger partial charge >= 0.3 is 6.03 Å². The van der Waals surface area contributed by atoms with E-state index in [1.807, 2.05) is 45.5 Å². The molecular weight excluding hydrogens is 318 g/mol. The summed E-state index contributed by atoms with van der Waals surface area (Å²) in [6, 6.07) is -0.445. The van der Waals surface area contributed by atoms with Crippen LogP contribution in [0.1, 0.15) is 25.1 Å². The fourth-order valence-corrected chi connectivity index (χ4v) is 3.02. The molecule has 0 spiro atoms. The molecule has 0 aromatic carbocycles. The fraction of sp³-hybridized carbons (Fsp3) is 0.500. The van der Waals surface area contributed by atoms with Gasteiger partial charge in [0.15, 0.2) is 5.82 Å². The first kappa shape index (κ1) is 17.1. The smallest absolute Gasteiger partial charge is 0.345 e. The molecular formula is C14H21N5O3S. The van der Waals surface area contributed by atoms with Crippen molar-refractivity contribution >= 4 is 16.3 Å². The largest absolute Gasteiger partial charge is 0.354 e. The molecule has 0 unspecified atom stereocenters. The van der Waals surface area contributed by atoms with Crippen LogP contribution < -0.4 is 0 Å². The topological polar surface area (TPSA) is 93.0 Å². The number of aryl methyl sites for hydroxylation is 2. The Morgan fingerprint density at radius 1 is 1.30 bits per heavy atom. The number of carbonyl (C=O) groups is 1. The van der Waals surface area contributed by atoms with Gasteiger partial charge in [0.1, 0.15) is 0 Å². The monoisotopic (exact) mass is 339 g/mol. The third-order valence-corrected chi connectivity index (χ3v) is 4.47. The van der Waals surface area contributed by atoms with Gasteiger partial charge in [-0.3, -0.25) is 5.10 Å². The summed E-state index contributed by atoms with van der Waals surface area (Å²) in [7, 11) is -0.725. The Balaban J connectivity index is 2.71. The summed E-state index contributed by atoms with van der Waals surface area (Å²) in [5.41, 5.74) is 2.68. The third kappa shape index (κ3) is 2.96. The lowest BCUT2D eigenvalue weighted by molar-refractivity contribution is 0.201. The van der Waals surface area contributed by atoms with E-state index in [0.29, 0.717) is 18.9 Å². The molecule has 1 N–H and O–H groups in total. The van der Waals surface area contributed by atoms with Gasteiger partial charge in [-0.25, -0.2) is 4.79 Å². The third-order valence-electron chi connectivity index (χ3n) is 3.90. The van der Waals surface area contributed by atoms with Crippen molar-refractivity contribution in [3.8, 4) is 11.4 Å². The molecule has 2 aromatic rings. The summed E-state index contributed by atoms with van der Waals surface area (Å²) >= 11 is 0. The number of hydrogen-bond donors (Lipinski definition) is 1. The van der Waals surface area contributed by atoms with Crippen molar-refractivity contribution in [1.82, 2.24) is 24.2 Å². The van der Waals surface area contributed by atoms with E-state index in [4.69, 9.17) is 0 Å². The van der Waals surface area contributed by atoms with E-state index in [0.717, 1.165) is 21.5 Å². The van der Waals surface area contributed by atoms with Crippen LogP contribution in [0.25, 0.3) is 11.4 Å². The number of nitrogens with one attached hydrogen (secondary N) is 1. The average molecular weight is 339 g/mol. The highest BCUT2D eigenvalue weighted by molar-refractivity contribution is 7.63. The van der Waals surface area contributed by atoms with Gasteiger partial charge in [0.25, 0.3) is 15.1 Å². The minimum Gasteiger partial charge on any atom is -0.354 e. The number of nitrogens with zero attached hydrogens (tertiary/aromatic N) is 4. The lowest BCUT2D eigenvalue weighted by Gasteiger charge is -2.17. The summed E-state index contributed by atoms with van der Waals surface area (Å²) in [5.74, 6) is 0.361. The van der Waals surface area contributed by atoms with Crippen molar-refractivity contribution in [3.63, 3.8) is 0 Å². The van der Waals surface area contributed by atoms with Crippen molar-refractivity contribution in [2.24, 2.45) is 7.05 Å². The molecule has 0 radical (unpaired) electrons. The summed E-state index contributed by atoms with van der Waals surface area (Å²) < 4.78 is 25.5. The van der Waals surface area contributed by atoms with Crippen LogP contribution in [0.3, 0.4) is 0 Å². The molecule has 1 amide bonds. The Bertz CT molecular complexity index is 905. The van der Waals surface area contributed by atoms with Gasteiger partial charge in [-0.1, -0.05) is 0 Å². The van der Waals surface area contributed by atoms with Crippen molar-refractivity contribution < 1.29 is 13.2 Å². The van der Waals surface area contributed by atoms with E-state index in [-0.39, 0.29) is 4.77 Å². The molecule has 23 heavy (non-hydrogen) atoms. The predicted octanol–water partition coefficient (Wildman–Crippen LogP) is 1.55. The fourth-order valence-electron chi connectivity index (χ4n) is 2.58. The number of amides is 1. The van der Waals surface area contributed by atoms with Gasteiger partial charge < -0.3 is 9.47 Å². The Kier molecular flexibility index (Phi) is 4.79. The number of aromatic amines is 1. The number of aromatic nitrogens is 4. The maximum atomic E-state index is 12.5. The van der Waals surface area contributed by atoms with Crippen LogP contribution in [0, 0.1) is 18.6 Å². The molecule has 2 rings (SSSR count). The van der Waals surface area contributed by atoms with E-state index in [9.17, 15) is 13.2 Å². The number of rotatable bonds is 3. The highest BCUT2D eigenvalue weighted by Gasteiger charge is 2.20. The van der Waals surface area contributed by atoms with Crippen LogP contribution in [0.15, 0.2) is 6.20 Å². The second-order valence-corrected chi connectivity index (χ2v) is 6.10. The number of hydrogen-bond acceptors (Lipinski definition) is 4. The number of H-pyrrole nitrogens is 1. The van der Waals surface area contributed by atoms with E-state index >= 15 is 0 Å². The van der Waals surface area contributed by atoms with Crippen LogP contribution >= 0.6 is 0 Å². The molecule has 9 heteroatoms. The molecule has 2 aromatic heterocycles. The van der Waals surface area contributed by atoms with Gasteiger partial charge in [-0.05, 0) is 33.3 Å². The van der Waals surface area contributed by atoms with Gasteiger partial charge in [0.05, 0.1) is 0 Å². The van der Waals surface area contributed by atoms with Gasteiger partial charge in [-0.15, -0.1) is 0 Å². The maximum Gasteiger partial charge on any atom is 0.345 e. The van der Waals surface area contributed by atoms with Crippen molar-refractivity contribution in [3.05, 3.63) is 22.2 Å². The first-order valence-electron chi connectivity index (χ1n) is 7.35. The molecule has 8 nitrogen and oxygen atoms in total. The van der Waals surface area contributed by atoms with Crippen molar-refractivity contribution in [2.45, 2.75) is 27.7 Å². The summed E-state index contributed by atoms with van der Waals surface area (Å²) in [6.45, 7) is 8.44. The summed E-state index contributed by atoms with van der Waals surface area (Å²) in [6.07, 6.45) is 1.93. The first-order valence-corrected chi connectivity index (χ1v) is 8.42. The van der Waals surface area contributed by atoms with E-state index in [1.54, 1.807) is 0 Å². The van der Waals surface area contributed by atoms with E-state index in [1.165, 1.54) is 4.90 Å². The molecule has 0 bridgehead atoms. The Hall–Kier alpha value is -2.29. The first-order chi connectivity index (χ1) is 10.8. The highest BCUT2D eigenvalue weighted by Crippen LogP contribution is 2.25. The van der Waals surface area contributed by atoms with Gasteiger partial charge in [0, 0.05) is 37.6 Å². The quantitative estimate of drug-likeness (QED) is 0.859.